The SMILES string of the molecule is CC1CC1.O=C(CNC(=O)c1cc2cccc(F)c2[nH]1)N[C@@H](C[C@@H]1CCNC1=O)C(=O)CO. The summed E-state index contributed by atoms with van der Waals surface area (Å²) in [5.41, 5.74) is 0.272. The highest BCUT2D eigenvalue weighted by Crippen LogP contribution is 2.26. The number of Topliss-reactive ketones (excluding diaryl/α,β-unsaturated/α-hetero) is 1. The predicted molar refractivity (Wildman–Crippen MR) is 119 cm³/mol. The fourth-order valence-electron chi connectivity index (χ4n) is 3.44. The van der Waals surface area contributed by atoms with Gasteiger partial charge in [-0.1, -0.05) is 31.9 Å². The van der Waals surface area contributed by atoms with Gasteiger partial charge in [0.1, 0.15) is 18.1 Å². The van der Waals surface area contributed by atoms with Gasteiger partial charge in [-0.05, 0) is 30.9 Å². The zero-order valence-corrected chi connectivity index (χ0v) is 18.4. The number of hydrogen-bond donors (Lipinski definition) is 5. The molecule has 1 saturated carbocycles. The van der Waals surface area contributed by atoms with Crippen molar-refractivity contribution in [1.82, 2.24) is 20.9 Å². The molecule has 1 aliphatic heterocycles. The lowest BCUT2D eigenvalue weighted by atomic mass is 9.96. The first kappa shape index (κ1) is 24.4. The Bertz CT molecular complexity index is 1030. The van der Waals surface area contributed by atoms with Gasteiger partial charge in [-0.2, -0.15) is 0 Å². The van der Waals surface area contributed by atoms with Gasteiger partial charge in [-0.25, -0.2) is 4.39 Å². The van der Waals surface area contributed by atoms with Crippen LogP contribution in [-0.4, -0.2) is 59.3 Å². The van der Waals surface area contributed by atoms with Crippen molar-refractivity contribution in [3.8, 4) is 0 Å². The summed E-state index contributed by atoms with van der Waals surface area (Å²) in [6, 6.07) is 4.85. The van der Waals surface area contributed by atoms with Gasteiger partial charge in [-0.3, -0.25) is 19.2 Å². The highest BCUT2D eigenvalue weighted by Gasteiger charge is 2.31. The van der Waals surface area contributed by atoms with Gasteiger partial charge in [0.25, 0.3) is 5.91 Å². The Balaban J connectivity index is 0.000000690. The summed E-state index contributed by atoms with van der Waals surface area (Å²) in [5, 5.41) is 17.1. The number of aliphatic hydroxyl groups excluding tert-OH is 1. The molecular formula is C23H29FN4O5. The van der Waals surface area contributed by atoms with E-state index in [1.165, 1.54) is 31.0 Å². The average molecular weight is 461 g/mol. The summed E-state index contributed by atoms with van der Waals surface area (Å²) < 4.78 is 13.7. The van der Waals surface area contributed by atoms with Crippen LogP contribution < -0.4 is 16.0 Å². The van der Waals surface area contributed by atoms with Crippen molar-refractivity contribution in [2.75, 3.05) is 19.7 Å². The number of halogens is 1. The molecule has 2 aromatic rings. The Labute approximate surface area is 190 Å². The zero-order chi connectivity index (χ0) is 24.0. The van der Waals surface area contributed by atoms with Crippen LogP contribution in [0.4, 0.5) is 4.39 Å². The summed E-state index contributed by atoms with van der Waals surface area (Å²) in [6.45, 7) is 1.58. The fraction of sp³-hybridized carbons (Fsp3) is 0.478. The molecule has 0 unspecified atom stereocenters. The first-order valence-electron chi connectivity index (χ1n) is 11.0. The molecule has 0 bridgehead atoms. The van der Waals surface area contributed by atoms with Crippen LogP contribution in [0.2, 0.25) is 0 Å². The molecule has 1 aromatic heterocycles. The summed E-state index contributed by atoms with van der Waals surface area (Å²) in [4.78, 5) is 50.6. The van der Waals surface area contributed by atoms with Gasteiger partial charge in [0, 0.05) is 17.8 Å². The number of fused-ring (bicyclic) bond motifs is 1. The van der Waals surface area contributed by atoms with E-state index in [-0.39, 0.29) is 23.5 Å². The average Bonchev–Trinajstić information content (AvgIpc) is 3.28. The number of aromatic nitrogens is 1. The molecule has 1 aliphatic carbocycles. The number of nitrogens with one attached hydrogen (secondary N) is 4. The lowest BCUT2D eigenvalue weighted by molar-refractivity contribution is -0.130. The predicted octanol–water partition coefficient (Wildman–Crippen LogP) is 1.03. The maximum Gasteiger partial charge on any atom is 0.268 e. The molecule has 5 N–H and O–H groups in total. The Hall–Kier alpha value is -3.27. The molecule has 10 heteroatoms. The van der Waals surface area contributed by atoms with Gasteiger partial charge < -0.3 is 26.0 Å². The van der Waals surface area contributed by atoms with Gasteiger partial charge in [-0.15, -0.1) is 0 Å². The van der Waals surface area contributed by atoms with Crippen LogP contribution in [0.3, 0.4) is 0 Å². The van der Waals surface area contributed by atoms with Crippen molar-refractivity contribution in [3.05, 3.63) is 35.8 Å². The Morgan fingerprint density at radius 1 is 1.24 bits per heavy atom. The van der Waals surface area contributed by atoms with Gasteiger partial charge in [0.05, 0.1) is 18.1 Å². The number of aliphatic hydroxyl groups is 1. The zero-order valence-electron chi connectivity index (χ0n) is 18.4. The van der Waals surface area contributed by atoms with E-state index in [9.17, 15) is 23.6 Å². The third-order valence-corrected chi connectivity index (χ3v) is 5.69. The molecular weight excluding hydrogens is 431 g/mol. The smallest absolute Gasteiger partial charge is 0.268 e. The topological polar surface area (TPSA) is 140 Å². The van der Waals surface area contributed by atoms with Crippen LogP contribution in [0, 0.1) is 17.7 Å². The third kappa shape index (κ3) is 6.85. The molecule has 0 spiro atoms. The first-order chi connectivity index (χ1) is 15.8. The molecule has 178 valence electrons. The number of hydrogen-bond acceptors (Lipinski definition) is 5. The Kier molecular flexibility index (Phi) is 8.16. The minimum absolute atomic E-state index is 0.0756. The molecule has 1 aromatic carbocycles. The molecule has 2 heterocycles. The number of carbonyl (C=O) groups is 4. The minimum Gasteiger partial charge on any atom is -0.389 e. The number of aromatic amines is 1. The largest absolute Gasteiger partial charge is 0.389 e. The number of rotatable bonds is 8. The number of H-pyrrole nitrogens is 1. The number of amides is 3. The molecule has 9 nitrogen and oxygen atoms in total. The van der Waals surface area contributed by atoms with Gasteiger partial charge in [0.15, 0.2) is 5.78 Å². The van der Waals surface area contributed by atoms with E-state index in [1.807, 2.05) is 0 Å². The molecule has 3 amide bonds. The molecule has 4 rings (SSSR count). The Morgan fingerprint density at radius 3 is 2.55 bits per heavy atom. The van der Waals surface area contributed by atoms with Gasteiger partial charge >= 0.3 is 0 Å². The van der Waals surface area contributed by atoms with E-state index in [0.29, 0.717) is 18.4 Å². The van der Waals surface area contributed by atoms with Crippen LogP contribution in [0.1, 0.15) is 43.1 Å². The standard InChI is InChI=1S/C19H21FN4O5.C4H8/c20-12-3-1-2-10-6-14(24-17(10)12)19(29)22-8-16(27)23-13(15(26)9-25)7-11-4-5-21-18(11)28;1-4-2-3-4/h1-3,6,11,13,24-25H,4-5,7-9H2,(H,21,28)(H,22,29)(H,23,27);4H,2-3H2,1H3/t11-,13-;/m0./s1. The second-order valence-corrected chi connectivity index (χ2v) is 8.51. The molecule has 2 atom stereocenters. The number of benzene rings is 1. The van der Waals surface area contributed by atoms with Crippen molar-refractivity contribution in [3.63, 3.8) is 0 Å². The van der Waals surface area contributed by atoms with E-state index in [1.54, 1.807) is 6.07 Å². The van der Waals surface area contributed by atoms with Crippen LogP contribution in [0.5, 0.6) is 0 Å². The summed E-state index contributed by atoms with van der Waals surface area (Å²) in [7, 11) is 0. The number of para-hydroxylation sites is 1. The quantitative estimate of drug-likeness (QED) is 0.400. The molecule has 33 heavy (non-hydrogen) atoms. The minimum atomic E-state index is -1.03. The number of carbonyl (C=O) groups excluding carboxylic acids is 4. The normalized spacial score (nSPS) is 18.2. The maximum atomic E-state index is 13.7. The van der Waals surface area contributed by atoms with Crippen LogP contribution in [0.25, 0.3) is 10.9 Å². The highest BCUT2D eigenvalue weighted by molar-refractivity contribution is 6.00. The summed E-state index contributed by atoms with van der Waals surface area (Å²) in [5.74, 6) is -1.92. The van der Waals surface area contributed by atoms with Crippen molar-refractivity contribution in [2.45, 2.75) is 38.6 Å². The van der Waals surface area contributed by atoms with E-state index in [2.05, 4.69) is 27.9 Å². The van der Waals surface area contributed by atoms with Crippen LogP contribution >= 0.6 is 0 Å². The second kappa shape index (κ2) is 11.0. The lowest BCUT2D eigenvalue weighted by Crippen LogP contribution is -2.47. The van der Waals surface area contributed by atoms with E-state index >= 15 is 0 Å². The third-order valence-electron chi connectivity index (χ3n) is 5.69. The molecule has 0 radical (unpaired) electrons. The van der Waals surface area contributed by atoms with E-state index in [4.69, 9.17) is 5.11 Å². The molecule has 2 aliphatic rings. The van der Waals surface area contributed by atoms with Crippen LogP contribution in [-0.2, 0) is 14.4 Å². The fourth-order valence-corrected chi connectivity index (χ4v) is 3.44. The maximum absolute atomic E-state index is 13.7. The second-order valence-electron chi connectivity index (χ2n) is 8.51. The monoisotopic (exact) mass is 460 g/mol. The van der Waals surface area contributed by atoms with Crippen molar-refractivity contribution in [2.24, 2.45) is 11.8 Å². The van der Waals surface area contributed by atoms with Crippen molar-refractivity contribution in [1.29, 1.82) is 0 Å². The highest BCUT2D eigenvalue weighted by atomic mass is 19.1. The van der Waals surface area contributed by atoms with Crippen molar-refractivity contribution >= 4 is 34.4 Å². The summed E-state index contributed by atoms with van der Waals surface area (Å²) in [6.07, 6.45) is 3.59. The molecule has 2 fully saturated rings. The number of ketones is 1. The lowest BCUT2D eigenvalue weighted by Gasteiger charge is -2.19. The summed E-state index contributed by atoms with van der Waals surface area (Å²) >= 11 is 0. The first-order valence-corrected chi connectivity index (χ1v) is 11.0. The van der Waals surface area contributed by atoms with E-state index in [0.717, 1.165) is 5.92 Å². The van der Waals surface area contributed by atoms with Crippen LogP contribution in [0.15, 0.2) is 24.3 Å². The van der Waals surface area contributed by atoms with Gasteiger partial charge in [0.2, 0.25) is 11.8 Å². The van der Waals surface area contributed by atoms with Crippen molar-refractivity contribution < 1.29 is 28.7 Å². The Morgan fingerprint density at radius 2 is 1.97 bits per heavy atom. The molecule has 1 saturated heterocycles. The van der Waals surface area contributed by atoms with E-state index < -0.39 is 48.5 Å².